The van der Waals surface area contributed by atoms with Gasteiger partial charge in [0.2, 0.25) is 0 Å². The van der Waals surface area contributed by atoms with Crippen molar-refractivity contribution in [3.05, 3.63) is 76.1 Å². The summed E-state index contributed by atoms with van der Waals surface area (Å²) < 4.78 is 18.5. The number of carbonyl (C=O) groups excluding carboxylic acids is 1. The van der Waals surface area contributed by atoms with Crippen LogP contribution in [0.25, 0.3) is 6.08 Å². The minimum absolute atomic E-state index is 0.160. The largest absolute Gasteiger partial charge is 0.458 e. The fourth-order valence-corrected chi connectivity index (χ4v) is 1.82. The predicted octanol–water partition coefficient (Wildman–Crippen LogP) is 4.11. The van der Waals surface area contributed by atoms with Crippen LogP contribution in [0.2, 0.25) is 5.02 Å². The first-order valence-corrected chi connectivity index (χ1v) is 6.75. The third-order valence-corrected chi connectivity index (χ3v) is 3.08. The van der Waals surface area contributed by atoms with Crippen molar-refractivity contribution in [3.8, 4) is 6.07 Å². The maximum Gasteiger partial charge on any atom is 0.331 e. The van der Waals surface area contributed by atoms with Gasteiger partial charge in [0.1, 0.15) is 12.4 Å². The number of nitrogens with zero attached hydrogens (tertiary/aromatic N) is 1. The molecule has 0 aromatic heterocycles. The van der Waals surface area contributed by atoms with E-state index in [0.29, 0.717) is 10.6 Å². The van der Waals surface area contributed by atoms with Crippen molar-refractivity contribution in [1.82, 2.24) is 0 Å². The number of nitriles is 1. The summed E-state index contributed by atoms with van der Waals surface area (Å²) >= 11 is 5.76. The summed E-state index contributed by atoms with van der Waals surface area (Å²) in [6.07, 6.45) is 2.82. The first-order valence-electron chi connectivity index (χ1n) is 6.37. The fraction of sp³-hybridized carbons (Fsp3) is 0.0588. The van der Waals surface area contributed by atoms with Gasteiger partial charge >= 0.3 is 5.97 Å². The molecule has 0 amide bonds. The minimum atomic E-state index is -0.600. The molecule has 2 aromatic rings. The molecule has 0 saturated carbocycles. The molecule has 0 unspecified atom stereocenters. The predicted molar refractivity (Wildman–Crippen MR) is 81.4 cm³/mol. The number of hydrogen-bond donors (Lipinski definition) is 0. The summed E-state index contributed by atoms with van der Waals surface area (Å²) in [6.45, 7) is -0.231. The van der Waals surface area contributed by atoms with E-state index in [0.717, 1.165) is 5.56 Å². The number of carbonyl (C=O) groups is 1. The molecule has 3 nitrogen and oxygen atoms in total. The smallest absolute Gasteiger partial charge is 0.331 e. The first kappa shape index (κ1) is 15.7. The van der Waals surface area contributed by atoms with Crippen LogP contribution in [0.15, 0.2) is 48.5 Å². The second-order valence-corrected chi connectivity index (χ2v) is 4.85. The van der Waals surface area contributed by atoms with Crippen LogP contribution in [0.1, 0.15) is 16.7 Å². The Morgan fingerprint density at radius 3 is 2.68 bits per heavy atom. The highest BCUT2D eigenvalue weighted by Crippen LogP contribution is 2.13. The summed E-state index contributed by atoms with van der Waals surface area (Å²) in [5, 5.41) is 9.36. The molecule has 0 saturated heterocycles. The summed E-state index contributed by atoms with van der Waals surface area (Å²) in [6, 6.07) is 12.7. The van der Waals surface area contributed by atoms with Gasteiger partial charge < -0.3 is 4.74 Å². The molecule has 2 aromatic carbocycles. The zero-order valence-electron chi connectivity index (χ0n) is 11.4. The second kappa shape index (κ2) is 7.39. The van der Waals surface area contributed by atoms with Gasteiger partial charge in [0.05, 0.1) is 11.6 Å². The molecule has 0 N–H and O–H groups in total. The zero-order chi connectivity index (χ0) is 15.9. The average Bonchev–Trinajstić information content (AvgIpc) is 2.53. The number of esters is 1. The van der Waals surface area contributed by atoms with Crippen LogP contribution in [0.3, 0.4) is 0 Å². The van der Waals surface area contributed by atoms with Crippen molar-refractivity contribution >= 4 is 23.6 Å². The van der Waals surface area contributed by atoms with E-state index in [1.165, 1.54) is 24.3 Å². The Labute approximate surface area is 132 Å². The van der Waals surface area contributed by atoms with Crippen molar-refractivity contribution in [3.63, 3.8) is 0 Å². The Balaban J connectivity index is 1.95. The van der Waals surface area contributed by atoms with E-state index in [9.17, 15) is 9.18 Å². The molecule has 0 bridgehead atoms. The van der Waals surface area contributed by atoms with Gasteiger partial charge in [0.15, 0.2) is 0 Å². The number of hydrogen-bond acceptors (Lipinski definition) is 3. The van der Waals surface area contributed by atoms with Crippen LogP contribution >= 0.6 is 11.6 Å². The molecule has 110 valence electrons. The lowest BCUT2D eigenvalue weighted by molar-refractivity contribution is -0.138. The Hall–Kier alpha value is -2.64. The summed E-state index contributed by atoms with van der Waals surface area (Å²) in [4.78, 5) is 11.6. The molecule has 0 aliphatic heterocycles. The molecular formula is C17H11ClFNO2. The molecule has 5 heteroatoms. The lowest BCUT2D eigenvalue weighted by Crippen LogP contribution is -2.02. The molecule has 0 aliphatic rings. The number of ether oxygens (including phenoxy) is 1. The van der Waals surface area contributed by atoms with Crippen molar-refractivity contribution in [2.24, 2.45) is 0 Å². The number of benzene rings is 2. The van der Waals surface area contributed by atoms with Gasteiger partial charge in [-0.05, 0) is 42.0 Å². The van der Waals surface area contributed by atoms with Crippen LogP contribution in [0.5, 0.6) is 0 Å². The van der Waals surface area contributed by atoms with E-state index in [-0.39, 0.29) is 12.2 Å². The Morgan fingerprint density at radius 1 is 1.27 bits per heavy atom. The van der Waals surface area contributed by atoms with E-state index >= 15 is 0 Å². The zero-order valence-corrected chi connectivity index (χ0v) is 12.2. The van der Waals surface area contributed by atoms with E-state index < -0.39 is 11.8 Å². The fourth-order valence-electron chi connectivity index (χ4n) is 1.69. The van der Waals surface area contributed by atoms with Gasteiger partial charge in [-0.1, -0.05) is 23.7 Å². The second-order valence-electron chi connectivity index (χ2n) is 4.41. The van der Waals surface area contributed by atoms with Crippen LogP contribution in [0.4, 0.5) is 4.39 Å². The molecule has 0 atom stereocenters. The van der Waals surface area contributed by atoms with Crippen molar-refractivity contribution in [2.45, 2.75) is 6.61 Å². The van der Waals surface area contributed by atoms with E-state index in [1.54, 1.807) is 30.3 Å². The highest BCUT2D eigenvalue weighted by molar-refractivity contribution is 6.30. The molecule has 0 spiro atoms. The standard InChI is InChI=1S/C17H11ClFNO2/c18-15-5-1-12(2-6-15)4-8-17(21)22-11-14-9-13(10-20)3-7-16(14)19/h1-9H,11H2/b8-4+. The van der Waals surface area contributed by atoms with Gasteiger partial charge in [-0.25, -0.2) is 9.18 Å². The molecule has 22 heavy (non-hydrogen) atoms. The number of rotatable bonds is 4. The highest BCUT2D eigenvalue weighted by Gasteiger charge is 2.06. The topological polar surface area (TPSA) is 50.1 Å². The first-order chi connectivity index (χ1) is 10.6. The van der Waals surface area contributed by atoms with E-state index in [1.807, 2.05) is 6.07 Å². The van der Waals surface area contributed by atoms with Gasteiger partial charge in [0, 0.05) is 16.7 Å². The number of halogens is 2. The van der Waals surface area contributed by atoms with Crippen molar-refractivity contribution < 1.29 is 13.9 Å². The van der Waals surface area contributed by atoms with E-state index in [2.05, 4.69) is 0 Å². The van der Waals surface area contributed by atoms with Crippen LogP contribution in [-0.2, 0) is 16.1 Å². The molecule has 0 aliphatic carbocycles. The molecular weight excluding hydrogens is 305 g/mol. The SMILES string of the molecule is N#Cc1ccc(F)c(COC(=O)/C=C/c2ccc(Cl)cc2)c1. The summed E-state index contributed by atoms with van der Waals surface area (Å²) in [5.41, 5.74) is 1.26. The van der Waals surface area contributed by atoms with Gasteiger partial charge in [-0.2, -0.15) is 5.26 Å². The summed E-state index contributed by atoms with van der Waals surface area (Å²) in [7, 11) is 0. The highest BCUT2D eigenvalue weighted by atomic mass is 35.5. The maximum absolute atomic E-state index is 13.5. The molecule has 2 rings (SSSR count). The van der Waals surface area contributed by atoms with Crippen LogP contribution in [0, 0.1) is 17.1 Å². The normalized spacial score (nSPS) is 10.4. The van der Waals surface area contributed by atoms with Crippen LogP contribution < -0.4 is 0 Å². The average molecular weight is 316 g/mol. The lowest BCUT2D eigenvalue weighted by Gasteiger charge is -2.04. The quantitative estimate of drug-likeness (QED) is 0.630. The molecule has 0 fully saturated rings. The Morgan fingerprint density at radius 2 is 2.00 bits per heavy atom. The van der Waals surface area contributed by atoms with Gasteiger partial charge in [0.25, 0.3) is 0 Å². The molecule has 0 radical (unpaired) electrons. The van der Waals surface area contributed by atoms with Gasteiger partial charge in [-0.15, -0.1) is 0 Å². The minimum Gasteiger partial charge on any atom is -0.458 e. The third-order valence-electron chi connectivity index (χ3n) is 2.83. The third kappa shape index (κ3) is 4.44. The molecule has 0 heterocycles. The monoisotopic (exact) mass is 315 g/mol. The van der Waals surface area contributed by atoms with Gasteiger partial charge in [-0.3, -0.25) is 0 Å². The van der Waals surface area contributed by atoms with Crippen molar-refractivity contribution in [2.75, 3.05) is 0 Å². The van der Waals surface area contributed by atoms with Crippen LogP contribution in [-0.4, -0.2) is 5.97 Å². The summed E-state index contributed by atoms with van der Waals surface area (Å²) in [5.74, 6) is -1.12. The Bertz CT molecular complexity index is 748. The lowest BCUT2D eigenvalue weighted by atomic mass is 10.1. The van der Waals surface area contributed by atoms with Crippen molar-refractivity contribution in [1.29, 1.82) is 5.26 Å². The Kier molecular flexibility index (Phi) is 5.29. The maximum atomic E-state index is 13.5. The van der Waals surface area contributed by atoms with E-state index in [4.69, 9.17) is 21.6 Å².